The first kappa shape index (κ1) is 17.0. The van der Waals surface area contributed by atoms with Gasteiger partial charge in [-0.25, -0.2) is 0 Å². The van der Waals surface area contributed by atoms with Crippen LogP contribution in [-0.2, 0) is 4.74 Å². The van der Waals surface area contributed by atoms with Crippen molar-refractivity contribution in [1.29, 1.82) is 0 Å². The van der Waals surface area contributed by atoms with E-state index in [1.807, 2.05) is 12.1 Å². The van der Waals surface area contributed by atoms with Gasteiger partial charge in [0.2, 0.25) is 0 Å². The van der Waals surface area contributed by atoms with Gasteiger partial charge in [0.15, 0.2) is 0 Å². The van der Waals surface area contributed by atoms with Crippen LogP contribution in [0.15, 0.2) is 18.2 Å². The van der Waals surface area contributed by atoms with Gasteiger partial charge >= 0.3 is 0 Å². The summed E-state index contributed by atoms with van der Waals surface area (Å²) in [6, 6.07) is 5.95. The molecule has 0 amide bonds. The predicted octanol–water partition coefficient (Wildman–Crippen LogP) is 3.99. The fourth-order valence-electron chi connectivity index (χ4n) is 2.25. The van der Waals surface area contributed by atoms with Crippen LogP contribution in [0.1, 0.15) is 56.2 Å². The molecular weight excluding hydrogens is 250 g/mol. The van der Waals surface area contributed by atoms with Crippen molar-refractivity contribution in [3.63, 3.8) is 0 Å². The lowest BCUT2D eigenvalue weighted by Crippen LogP contribution is -2.18. The van der Waals surface area contributed by atoms with Gasteiger partial charge in [-0.3, -0.25) is 0 Å². The van der Waals surface area contributed by atoms with Crippen molar-refractivity contribution in [1.82, 2.24) is 0 Å². The van der Waals surface area contributed by atoms with Crippen LogP contribution < -0.4 is 10.5 Å². The van der Waals surface area contributed by atoms with Crippen molar-refractivity contribution >= 4 is 0 Å². The molecule has 114 valence electrons. The highest BCUT2D eigenvalue weighted by atomic mass is 16.5. The highest BCUT2D eigenvalue weighted by molar-refractivity contribution is 5.39. The summed E-state index contributed by atoms with van der Waals surface area (Å²) in [5.41, 5.74) is 8.41. The van der Waals surface area contributed by atoms with Crippen molar-refractivity contribution in [3.8, 4) is 5.75 Å². The van der Waals surface area contributed by atoms with E-state index in [-0.39, 0.29) is 6.04 Å². The van der Waals surface area contributed by atoms with Crippen LogP contribution in [0.3, 0.4) is 0 Å². The van der Waals surface area contributed by atoms with Crippen LogP contribution in [0.5, 0.6) is 5.75 Å². The lowest BCUT2D eigenvalue weighted by Gasteiger charge is -2.16. The Bertz CT molecular complexity index is 379. The maximum atomic E-state index is 6.20. The molecule has 3 nitrogen and oxygen atoms in total. The number of aryl methyl sites for hydroxylation is 1. The van der Waals surface area contributed by atoms with Crippen molar-refractivity contribution < 1.29 is 9.47 Å². The number of methoxy groups -OCH3 is 1. The van der Waals surface area contributed by atoms with Crippen molar-refractivity contribution in [2.45, 2.75) is 52.0 Å². The number of rotatable bonds is 10. The minimum absolute atomic E-state index is 0.125. The number of nitrogens with two attached hydrogens (primary N) is 1. The first-order valence-corrected chi connectivity index (χ1v) is 7.67. The molecular formula is C17H29NO2. The van der Waals surface area contributed by atoms with Crippen LogP contribution in [0, 0.1) is 6.92 Å². The molecule has 2 N–H and O–H groups in total. The second-order valence-corrected chi connectivity index (χ2v) is 5.34. The van der Waals surface area contributed by atoms with E-state index in [1.165, 1.54) is 31.2 Å². The normalized spacial score (nSPS) is 12.4. The number of ether oxygens (including phenoxy) is 2. The quantitative estimate of drug-likeness (QED) is 0.659. The van der Waals surface area contributed by atoms with Gasteiger partial charge in [0, 0.05) is 12.2 Å². The molecule has 0 aromatic heterocycles. The molecule has 0 radical (unpaired) electrons. The number of benzene rings is 1. The zero-order valence-electron chi connectivity index (χ0n) is 13.2. The van der Waals surface area contributed by atoms with Crippen LogP contribution in [0.4, 0.5) is 0 Å². The highest BCUT2D eigenvalue weighted by Crippen LogP contribution is 2.25. The summed E-state index contributed by atoms with van der Waals surface area (Å²) in [6.07, 6.45) is 6.27. The lowest BCUT2D eigenvalue weighted by atomic mass is 10.0. The molecule has 1 rings (SSSR count). The average molecular weight is 279 g/mol. The fourth-order valence-corrected chi connectivity index (χ4v) is 2.25. The van der Waals surface area contributed by atoms with E-state index in [0.29, 0.717) is 6.61 Å². The number of hydrogen-bond acceptors (Lipinski definition) is 3. The topological polar surface area (TPSA) is 44.5 Å². The van der Waals surface area contributed by atoms with Gasteiger partial charge in [0.25, 0.3) is 0 Å². The first-order valence-electron chi connectivity index (χ1n) is 7.67. The van der Waals surface area contributed by atoms with Gasteiger partial charge in [-0.05, 0) is 19.4 Å². The van der Waals surface area contributed by atoms with E-state index in [9.17, 15) is 0 Å². The van der Waals surface area contributed by atoms with Crippen molar-refractivity contribution in [3.05, 3.63) is 29.3 Å². The molecule has 0 bridgehead atoms. The molecule has 0 saturated heterocycles. The Kier molecular flexibility index (Phi) is 8.31. The van der Waals surface area contributed by atoms with Crippen LogP contribution in [-0.4, -0.2) is 20.3 Å². The predicted molar refractivity (Wildman–Crippen MR) is 84.2 cm³/mol. The summed E-state index contributed by atoms with van der Waals surface area (Å²) in [6.45, 7) is 5.63. The van der Waals surface area contributed by atoms with Gasteiger partial charge in [-0.2, -0.15) is 0 Å². The van der Waals surface area contributed by atoms with Gasteiger partial charge in [-0.15, -0.1) is 0 Å². The Hall–Kier alpha value is -1.06. The second kappa shape index (κ2) is 9.78. The zero-order valence-corrected chi connectivity index (χ0v) is 13.2. The first-order chi connectivity index (χ1) is 9.69. The molecule has 0 aliphatic carbocycles. The van der Waals surface area contributed by atoms with E-state index in [1.54, 1.807) is 7.11 Å². The molecule has 20 heavy (non-hydrogen) atoms. The Morgan fingerprint density at radius 1 is 1.15 bits per heavy atom. The Morgan fingerprint density at radius 2 is 1.90 bits per heavy atom. The summed E-state index contributed by atoms with van der Waals surface area (Å²) < 4.78 is 11.0. The van der Waals surface area contributed by atoms with Crippen molar-refractivity contribution in [2.24, 2.45) is 5.73 Å². The van der Waals surface area contributed by atoms with E-state index in [2.05, 4.69) is 19.9 Å². The van der Waals surface area contributed by atoms with Crippen molar-refractivity contribution in [2.75, 3.05) is 20.3 Å². The van der Waals surface area contributed by atoms with E-state index >= 15 is 0 Å². The summed E-state index contributed by atoms with van der Waals surface area (Å²) in [4.78, 5) is 0. The third kappa shape index (κ3) is 5.93. The molecule has 3 heteroatoms. The maximum absolute atomic E-state index is 6.20. The average Bonchev–Trinajstić information content (AvgIpc) is 2.46. The molecule has 0 saturated carbocycles. The van der Waals surface area contributed by atoms with Crippen LogP contribution >= 0.6 is 0 Å². The number of hydrogen-bond donors (Lipinski definition) is 1. The lowest BCUT2D eigenvalue weighted by molar-refractivity contribution is 0.116. The SMILES string of the molecule is CCCCCCCOCC(N)c1cc(C)ccc1OC. The standard InChI is InChI=1S/C17H29NO2/c1-4-5-6-7-8-11-20-13-16(18)15-12-14(2)9-10-17(15)19-3/h9-10,12,16H,4-8,11,13,18H2,1-3H3. The van der Waals surface area contributed by atoms with Gasteiger partial charge in [0.1, 0.15) is 5.75 Å². The minimum Gasteiger partial charge on any atom is -0.496 e. The van der Waals surface area contributed by atoms with E-state index in [4.69, 9.17) is 15.2 Å². The molecule has 1 aromatic rings. The molecule has 0 heterocycles. The van der Waals surface area contributed by atoms with Crippen LogP contribution in [0.2, 0.25) is 0 Å². The molecule has 0 aliphatic heterocycles. The monoisotopic (exact) mass is 279 g/mol. The molecule has 1 atom stereocenters. The summed E-state index contributed by atoms with van der Waals surface area (Å²) in [5, 5.41) is 0. The molecule has 0 fully saturated rings. The smallest absolute Gasteiger partial charge is 0.123 e. The van der Waals surface area contributed by atoms with E-state index in [0.717, 1.165) is 24.3 Å². The minimum atomic E-state index is -0.125. The molecule has 1 aromatic carbocycles. The maximum Gasteiger partial charge on any atom is 0.123 e. The van der Waals surface area contributed by atoms with Gasteiger partial charge in [-0.1, -0.05) is 50.3 Å². The van der Waals surface area contributed by atoms with E-state index < -0.39 is 0 Å². The third-order valence-corrected chi connectivity index (χ3v) is 3.47. The second-order valence-electron chi connectivity index (χ2n) is 5.34. The summed E-state index contributed by atoms with van der Waals surface area (Å²) >= 11 is 0. The van der Waals surface area contributed by atoms with Gasteiger partial charge < -0.3 is 15.2 Å². The fraction of sp³-hybridized carbons (Fsp3) is 0.647. The Balaban J connectivity index is 2.32. The van der Waals surface area contributed by atoms with Gasteiger partial charge in [0.05, 0.1) is 19.8 Å². The molecule has 0 spiro atoms. The van der Waals surface area contributed by atoms with Crippen LogP contribution in [0.25, 0.3) is 0 Å². The molecule has 0 aliphatic rings. The summed E-state index contributed by atoms with van der Waals surface area (Å²) in [7, 11) is 1.68. The number of unbranched alkanes of at least 4 members (excludes halogenated alkanes) is 4. The Morgan fingerprint density at radius 3 is 2.60 bits per heavy atom. The molecule has 1 unspecified atom stereocenters. The third-order valence-electron chi connectivity index (χ3n) is 3.47. The zero-order chi connectivity index (χ0) is 14.8. The largest absolute Gasteiger partial charge is 0.496 e. The Labute approximate surface area is 123 Å². The highest BCUT2D eigenvalue weighted by Gasteiger charge is 2.12. The summed E-state index contributed by atoms with van der Waals surface area (Å²) in [5.74, 6) is 0.842.